The normalized spacial score (nSPS) is 19.8. The summed E-state index contributed by atoms with van der Waals surface area (Å²) >= 11 is 0. The summed E-state index contributed by atoms with van der Waals surface area (Å²) in [7, 11) is 0. The SMILES string of the molecule is O=C(O)N1CCC(N(Cc2ccccc2C(F)(F)F)C(=O)CNc2cccc3c2CCN(CC2CC2)C3)C1. The lowest BCUT2D eigenvalue weighted by molar-refractivity contribution is -0.140. The Bertz CT molecular complexity index is 1180. The number of anilines is 1. The minimum Gasteiger partial charge on any atom is -0.465 e. The van der Waals surface area contributed by atoms with Crippen LogP contribution in [-0.2, 0) is 30.5 Å². The van der Waals surface area contributed by atoms with Crippen LogP contribution in [0.2, 0.25) is 0 Å². The summed E-state index contributed by atoms with van der Waals surface area (Å²) in [5.74, 6) is 0.458. The number of nitrogens with one attached hydrogen (secondary N) is 1. The van der Waals surface area contributed by atoms with Gasteiger partial charge in [-0.25, -0.2) is 4.79 Å². The topological polar surface area (TPSA) is 76.1 Å². The summed E-state index contributed by atoms with van der Waals surface area (Å²) in [6.45, 7) is 2.96. The highest BCUT2D eigenvalue weighted by Gasteiger charge is 2.37. The monoisotopic (exact) mass is 530 g/mol. The second-order valence-corrected chi connectivity index (χ2v) is 10.6. The highest BCUT2D eigenvalue weighted by atomic mass is 19.4. The molecule has 3 aliphatic rings. The van der Waals surface area contributed by atoms with Crippen LogP contribution in [0.1, 0.15) is 41.5 Å². The number of likely N-dealkylation sites (tertiary alicyclic amines) is 1. The van der Waals surface area contributed by atoms with Gasteiger partial charge in [0.25, 0.3) is 0 Å². The number of rotatable bonds is 8. The molecule has 1 saturated carbocycles. The molecule has 1 saturated heterocycles. The molecule has 0 radical (unpaired) electrons. The van der Waals surface area contributed by atoms with Crippen LogP contribution in [0, 0.1) is 5.92 Å². The fraction of sp³-hybridized carbons (Fsp3) is 0.500. The van der Waals surface area contributed by atoms with E-state index >= 15 is 0 Å². The first-order chi connectivity index (χ1) is 18.2. The number of carbonyl (C=O) groups excluding carboxylic acids is 1. The number of nitrogens with zero attached hydrogens (tertiary/aromatic N) is 3. The summed E-state index contributed by atoms with van der Waals surface area (Å²) in [6, 6.07) is 10.7. The summed E-state index contributed by atoms with van der Waals surface area (Å²) in [4.78, 5) is 30.1. The molecule has 0 aromatic heterocycles. The van der Waals surface area contributed by atoms with Crippen LogP contribution >= 0.6 is 0 Å². The van der Waals surface area contributed by atoms with Crippen molar-refractivity contribution in [1.29, 1.82) is 0 Å². The summed E-state index contributed by atoms with van der Waals surface area (Å²) in [6.07, 6.45) is -1.78. The minimum atomic E-state index is -4.55. The molecule has 10 heteroatoms. The van der Waals surface area contributed by atoms with Crippen molar-refractivity contribution in [2.45, 2.75) is 51.0 Å². The number of alkyl halides is 3. The zero-order valence-corrected chi connectivity index (χ0v) is 21.2. The Morgan fingerprint density at radius 1 is 1.05 bits per heavy atom. The lowest BCUT2D eigenvalue weighted by atomic mass is 9.97. The van der Waals surface area contributed by atoms with E-state index in [0.717, 1.165) is 43.7 Å². The molecule has 1 unspecified atom stereocenters. The molecule has 2 aromatic carbocycles. The van der Waals surface area contributed by atoms with E-state index in [1.807, 2.05) is 12.1 Å². The molecule has 38 heavy (non-hydrogen) atoms. The van der Waals surface area contributed by atoms with Crippen molar-refractivity contribution in [3.8, 4) is 0 Å². The Balaban J connectivity index is 1.31. The fourth-order valence-corrected chi connectivity index (χ4v) is 5.64. The maximum atomic E-state index is 13.7. The molecule has 2 fully saturated rings. The Labute approximate surface area is 220 Å². The number of carboxylic acid groups (broad SMARTS) is 1. The molecular formula is C28H33F3N4O3. The van der Waals surface area contributed by atoms with E-state index in [9.17, 15) is 27.9 Å². The number of hydrogen-bond donors (Lipinski definition) is 2. The van der Waals surface area contributed by atoms with E-state index in [2.05, 4.69) is 16.3 Å². The van der Waals surface area contributed by atoms with Gasteiger partial charge in [0.1, 0.15) is 0 Å². The molecule has 7 nitrogen and oxygen atoms in total. The van der Waals surface area contributed by atoms with Crippen LogP contribution in [0.3, 0.4) is 0 Å². The second-order valence-electron chi connectivity index (χ2n) is 10.6. The van der Waals surface area contributed by atoms with Gasteiger partial charge in [0.05, 0.1) is 18.2 Å². The van der Waals surface area contributed by atoms with Gasteiger partial charge in [-0.15, -0.1) is 0 Å². The number of halogens is 3. The van der Waals surface area contributed by atoms with Crippen molar-refractivity contribution >= 4 is 17.7 Å². The van der Waals surface area contributed by atoms with Crippen molar-refractivity contribution in [1.82, 2.24) is 14.7 Å². The van der Waals surface area contributed by atoms with Gasteiger partial charge in [-0.3, -0.25) is 9.69 Å². The lowest BCUT2D eigenvalue weighted by Gasteiger charge is -2.32. The van der Waals surface area contributed by atoms with Crippen molar-refractivity contribution in [2.75, 3.05) is 38.0 Å². The maximum Gasteiger partial charge on any atom is 0.416 e. The maximum absolute atomic E-state index is 13.7. The highest BCUT2D eigenvalue weighted by molar-refractivity contribution is 5.82. The Morgan fingerprint density at radius 3 is 2.55 bits per heavy atom. The molecule has 5 rings (SSSR count). The number of benzene rings is 2. The molecule has 2 N–H and O–H groups in total. The Kier molecular flexibility index (Phi) is 7.52. The van der Waals surface area contributed by atoms with Gasteiger partial charge < -0.3 is 20.2 Å². The second kappa shape index (κ2) is 10.8. The molecule has 0 spiro atoms. The summed E-state index contributed by atoms with van der Waals surface area (Å²) < 4.78 is 41.0. The zero-order chi connectivity index (χ0) is 26.9. The van der Waals surface area contributed by atoms with Crippen LogP contribution in [0.15, 0.2) is 42.5 Å². The van der Waals surface area contributed by atoms with Gasteiger partial charge in [-0.05, 0) is 60.4 Å². The van der Waals surface area contributed by atoms with Crippen molar-refractivity contribution in [3.05, 3.63) is 64.7 Å². The van der Waals surface area contributed by atoms with Gasteiger partial charge in [0.15, 0.2) is 0 Å². The molecule has 1 atom stereocenters. The molecule has 2 amide bonds. The van der Waals surface area contributed by atoms with Crippen LogP contribution in [-0.4, -0.2) is 70.6 Å². The molecule has 2 heterocycles. The third-order valence-corrected chi connectivity index (χ3v) is 7.85. The van der Waals surface area contributed by atoms with Gasteiger partial charge in [0.2, 0.25) is 5.91 Å². The van der Waals surface area contributed by atoms with Gasteiger partial charge in [-0.1, -0.05) is 30.3 Å². The minimum absolute atomic E-state index is 0.00466. The first kappa shape index (κ1) is 26.3. The quantitative estimate of drug-likeness (QED) is 0.519. The van der Waals surface area contributed by atoms with E-state index in [0.29, 0.717) is 6.42 Å². The first-order valence-corrected chi connectivity index (χ1v) is 13.2. The van der Waals surface area contributed by atoms with Crippen molar-refractivity contribution in [3.63, 3.8) is 0 Å². The zero-order valence-electron chi connectivity index (χ0n) is 21.2. The fourth-order valence-electron chi connectivity index (χ4n) is 5.64. The smallest absolute Gasteiger partial charge is 0.416 e. The van der Waals surface area contributed by atoms with E-state index in [1.54, 1.807) is 0 Å². The summed E-state index contributed by atoms with van der Waals surface area (Å²) in [5, 5.41) is 12.6. The van der Waals surface area contributed by atoms with Crippen LogP contribution in [0.5, 0.6) is 0 Å². The van der Waals surface area contributed by atoms with E-state index in [1.165, 1.54) is 52.0 Å². The van der Waals surface area contributed by atoms with Gasteiger partial charge in [-0.2, -0.15) is 13.2 Å². The number of fused-ring (bicyclic) bond motifs is 1. The third kappa shape index (κ3) is 6.06. The third-order valence-electron chi connectivity index (χ3n) is 7.85. The van der Waals surface area contributed by atoms with E-state index in [-0.39, 0.29) is 37.6 Å². The lowest BCUT2D eigenvalue weighted by Crippen LogP contribution is -2.45. The summed E-state index contributed by atoms with van der Waals surface area (Å²) in [5.41, 5.74) is 2.50. The standard InChI is InChI=1S/C28H33F3N4O3/c29-28(30,31)24-6-2-1-4-21(24)17-35(22-10-13-34(18-22)27(37)38)26(36)14-32-25-7-3-5-20-16-33(12-11-23(20)25)15-19-8-9-19/h1-7,19,22,32H,8-18H2,(H,37,38). The molecule has 0 bridgehead atoms. The molecule has 1 aliphatic carbocycles. The molecule has 2 aliphatic heterocycles. The van der Waals surface area contributed by atoms with Crippen LogP contribution in [0.4, 0.5) is 23.7 Å². The largest absolute Gasteiger partial charge is 0.465 e. The molecular weight excluding hydrogens is 497 g/mol. The highest BCUT2D eigenvalue weighted by Crippen LogP contribution is 2.34. The number of hydrogen-bond acceptors (Lipinski definition) is 4. The van der Waals surface area contributed by atoms with Gasteiger partial charge >= 0.3 is 12.3 Å². The number of amides is 2. The predicted molar refractivity (Wildman–Crippen MR) is 137 cm³/mol. The van der Waals surface area contributed by atoms with E-state index in [4.69, 9.17) is 0 Å². The Hall–Kier alpha value is -3.27. The first-order valence-electron chi connectivity index (χ1n) is 13.2. The van der Waals surface area contributed by atoms with Crippen molar-refractivity contribution in [2.24, 2.45) is 5.92 Å². The molecule has 2 aromatic rings. The predicted octanol–water partition coefficient (Wildman–Crippen LogP) is 4.67. The average Bonchev–Trinajstić information content (AvgIpc) is 3.56. The molecule has 204 valence electrons. The van der Waals surface area contributed by atoms with Crippen molar-refractivity contribution < 1.29 is 27.9 Å². The van der Waals surface area contributed by atoms with E-state index < -0.39 is 23.9 Å². The number of carbonyl (C=O) groups is 2. The Morgan fingerprint density at radius 2 is 1.84 bits per heavy atom. The van der Waals surface area contributed by atoms with Crippen LogP contribution < -0.4 is 5.32 Å². The van der Waals surface area contributed by atoms with Crippen LogP contribution in [0.25, 0.3) is 0 Å². The average molecular weight is 531 g/mol. The van der Waals surface area contributed by atoms with Gasteiger partial charge in [0, 0.05) is 45.0 Å².